The largest absolute Gasteiger partial charge is 0.310 e. The quantitative estimate of drug-likeness (QED) is 0.522. The first-order chi connectivity index (χ1) is 6.43. The van der Waals surface area contributed by atoms with Crippen molar-refractivity contribution in [2.24, 2.45) is 0 Å². The van der Waals surface area contributed by atoms with Crippen molar-refractivity contribution in [1.29, 1.82) is 0 Å². The van der Waals surface area contributed by atoms with Crippen LogP contribution in [0.2, 0.25) is 0 Å². The van der Waals surface area contributed by atoms with Crippen LogP contribution in [0.4, 0.5) is 0 Å². The first-order valence-electron chi connectivity index (χ1n) is 4.13. The number of rotatable bonds is 6. The lowest BCUT2D eigenvalue weighted by Gasteiger charge is -2.00. The van der Waals surface area contributed by atoms with E-state index in [0.717, 1.165) is 30.3 Å². The van der Waals surface area contributed by atoms with Gasteiger partial charge in [0, 0.05) is 30.7 Å². The summed E-state index contributed by atoms with van der Waals surface area (Å²) in [4.78, 5) is 0. The molecule has 1 rings (SSSR count). The Morgan fingerprint density at radius 2 is 2.62 bits per heavy atom. The van der Waals surface area contributed by atoms with E-state index in [1.807, 2.05) is 6.07 Å². The van der Waals surface area contributed by atoms with E-state index in [4.69, 9.17) is 6.42 Å². The van der Waals surface area contributed by atoms with Crippen LogP contribution in [0.1, 0.15) is 5.69 Å². The minimum atomic E-state index is 0.797. The Balaban J connectivity index is 1.94. The lowest BCUT2D eigenvalue weighted by molar-refractivity contribution is 0.712. The van der Waals surface area contributed by atoms with Crippen molar-refractivity contribution in [2.45, 2.75) is 6.54 Å². The first kappa shape index (κ1) is 10.2. The summed E-state index contributed by atoms with van der Waals surface area (Å²) in [5, 5.41) is 10.0. The molecule has 3 nitrogen and oxygen atoms in total. The molecule has 0 atom stereocenters. The van der Waals surface area contributed by atoms with Crippen molar-refractivity contribution < 1.29 is 0 Å². The molecule has 0 aliphatic carbocycles. The number of hydrogen-bond donors (Lipinski definition) is 2. The van der Waals surface area contributed by atoms with Gasteiger partial charge in [0.25, 0.3) is 0 Å². The van der Waals surface area contributed by atoms with Crippen LogP contribution in [-0.4, -0.2) is 28.2 Å². The number of thioether (sulfide) groups is 1. The highest BCUT2D eigenvalue weighted by Crippen LogP contribution is 1.96. The molecule has 0 fully saturated rings. The van der Waals surface area contributed by atoms with Gasteiger partial charge in [-0.05, 0) is 6.07 Å². The molecule has 1 aromatic rings. The average Bonchev–Trinajstić information content (AvgIpc) is 2.63. The summed E-state index contributed by atoms with van der Waals surface area (Å²) in [6.45, 7) is 1.82. The molecule has 4 heteroatoms. The lowest BCUT2D eigenvalue weighted by Crippen LogP contribution is -2.16. The lowest BCUT2D eigenvalue weighted by atomic mass is 10.4. The van der Waals surface area contributed by atoms with Crippen LogP contribution >= 0.6 is 11.8 Å². The number of H-pyrrole nitrogens is 1. The summed E-state index contributed by atoms with van der Waals surface area (Å²) in [5.41, 5.74) is 1.11. The van der Waals surface area contributed by atoms with E-state index in [1.165, 1.54) is 0 Å². The Morgan fingerprint density at radius 3 is 3.31 bits per heavy atom. The van der Waals surface area contributed by atoms with Gasteiger partial charge in [-0.2, -0.15) is 5.10 Å². The third-order valence-corrected chi connectivity index (χ3v) is 2.35. The van der Waals surface area contributed by atoms with Crippen molar-refractivity contribution in [3.05, 3.63) is 18.0 Å². The summed E-state index contributed by atoms with van der Waals surface area (Å²) >= 11 is 1.77. The van der Waals surface area contributed by atoms with Crippen LogP contribution in [0.15, 0.2) is 12.3 Å². The molecule has 1 heterocycles. The number of nitrogens with one attached hydrogen (secondary N) is 2. The molecule has 0 aliphatic heterocycles. The van der Waals surface area contributed by atoms with E-state index in [9.17, 15) is 0 Å². The standard InChI is InChI=1S/C9H13N3S/c1-2-6-13-7-5-10-8-9-3-4-11-12-9/h1,3-4,10H,5-8H2,(H,11,12). The Bertz CT molecular complexity index is 250. The Labute approximate surface area is 82.7 Å². The number of aromatic nitrogens is 2. The van der Waals surface area contributed by atoms with Gasteiger partial charge in [0.15, 0.2) is 0 Å². The van der Waals surface area contributed by atoms with Gasteiger partial charge in [0.05, 0.1) is 5.75 Å². The Kier molecular flexibility index (Phi) is 5.14. The maximum absolute atomic E-state index is 5.12. The smallest absolute Gasteiger partial charge is 0.0545 e. The van der Waals surface area contributed by atoms with Crippen molar-refractivity contribution in [2.75, 3.05) is 18.1 Å². The fourth-order valence-corrected chi connectivity index (χ4v) is 1.43. The zero-order valence-electron chi connectivity index (χ0n) is 7.42. The molecule has 2 N–H and O–H groups in total. The van der Waals surface area contributed by atoms with Gasteiger partial charge in [-0.1, -0.05) is 5.92 Å². The number of hydrogen-bond acceptors (Lipinski definition) is 3. The number of aromatic amines is 1. The maximum Gasteiger partial charge on any atom is 0.0545 e. The highest BCUT2D eigenvalue weighted by molar-refractivity contribution is 7.99. The van der Waals surface area contributed by atoms with E-state index in [1.54, 1.807) is 18.0 Å². The summed E-state index contributed by atoms with van der Waals surface area (Å²) in [6, 6.07) is 1.96. The molecular weight excluding hydrogens is 182 g/mol. The molecule has 0 saturated heterocycles. The summed E-state index contributed by atoms with van der Waals surface area (Å²) in [5.74, 6) is 4.44. The van der Waals surface area contributed by atoms with Crippen LogP contribution in [0, 0.1) is 12.3 Å². The van der Waals surface area contributed by atoms with Crippen LogP contribution in [-0.2, 0) is 6.54 Å². The monoisotopic (exact) mass is 195 g/mol. The highest BCUT2D eigenvalue weighted by Gasteiger charge is 1.91. The fourth-order valence-electron chi connectivity index (χ4n) is 0.882. The normalized spacial score (nSPS) is 9.77. The second-order valence-electron chi connectivity index (χ2n) is 2.52. The molecule has 0 aromatic carbocycles. The molecule has 0 saturated carbocycles. The van der Waals surface area contributed by atoms with Crippen molar-refractivity contribution in [3.63, 3.8) is 0 Å². The Hall–Kier alpha value is -0.920. The summed E-state index contributed by atoms with van der Waals surface area (Å²) in [7, 11) is 0. The molecule has 0 aliphatic rings. The third kappa shape index (κ3) is 4.61. The molecule has 0 spiro atoms. The molecule has 0 amide bonds. The number of nitrogens with zero attached hydrogens (tertiary/aromatic N) is 1. The molecule has 13 heavy (non-hydrogen) atoms. The maximum atomic E-state index is 5.12. The van der Waals surface area contributed by atoms with Gasteiger partial charge in [-0.25, -0.2) is 0 Å². The Morgan fingerprint density at radius 1 is 1.69 bits per heavy atom. The van der Waals surface area contributed by atoms with Crippen molar-refractivity contribution >= 4 is 11.8 Å². The molecule has 0 bridgehead atoms. The van der Waals surface area contributed by atoms with Gasteiger partial charge in [-0.3, -0.25) is 5.10 Å². The molecular formula is C9H13N3S. The van der Waals surface area contributed by atoms with Gasteiger partial charge in [0.2, 0.25) is 0 Å². The average molecular weight is 195 g/mol. The van der Waals surface area contributed by atoms with E-state index in [-0.39, 0.29) is 0 Å². The van der Waals surface area contributed by atoms with E-state index < -0.39 is 0 Å². The second-order valence-corrected chi connectivity index (χ2v) is 3.62. The zero-order valence-corrected chi connectivity index (χ0v) is 8.23. The predicted octanol–water partition coefficient (Wildman–Crippen LogP) is 0.866. The molecule has 0 unspecified atom stereocenters. The second kappa shape index (κ2) is 6.58. The molecule has 70 valence electrons. The van der Waals surface area contributed by atoms with Gasteiger partial charge < -0.3 is 5.32 Å². The topological polar surface area (TPSA) is 40.7 Å². The van der Waals surface area contributed by atoms with Gasteiger partial charge in [0.1, 0.15) is 0 Å². The number of terminal acetylenes is 1. The first-order valence-corrected chi connectivity index (χ1v) is 5.29. The third-order valence-electron chi connectivity index (χ3n) is 1.48. The molecule has 0 radical (unpaired) electrons. The summed E-state index contributed by atoms with van der Waals surface area (Å²) < 4.78 is 0. The van der Waals surface area contributed by atoms with Crippen molar-refractivity contribution in [3.8, 4) is 12.3 Å². The minimum Gasteiger partial charge on any atom is -0.310 e. The highest BCUT2D eigenvalue weighted by atomic mass is 32.2. The van der Waals surface area contributed by atoms with E-state index >= 15 is 0 Å². The molecule has 1 aromatic heterocycles. The van der Waals surface area contributed by atoms with Gasteiger partial charge >= 0.3 is 0 Å². The van der Waals surface area contributed by atoms with Crippen molar-refractivity contribution in [1.82, 2.24) is 15.5 Å². The van der Waals surface area contributed by atoms with Crippen LogP contribution < -0.4 is 5.32 Å². The van der Waals surface area contributed by atoms with Crippen LogP contribution in [0.25, 0.3) is 0 Å². The fraction of sp³-hybridized carbons (Fsp3) is 0.444. The zero-order chi connectivity index (χ0) is 9.36. The summed E-state index contributed by atoms with van der Waals surface area (Å²) in [6.07, 6.45) is 6.87. The van der Waals surface area contributed by atoms with E-state index in [0.29, 0.717) is 0 Å². The minimum absolute atomic E-state index is 0.797. The van der Waals surface area contributed by atoms with Crippen LogP contribution in [0.5, 0.6) is 0 Å². The predicted molar refractivity (Wildman–Crippen MR) is 56.5 cm³/mol. The van der Waals surface area contributed by atoms with Crippen LogP contribution in [0.3, 0.4) is 0 Å². The van der Waals surface area contributed by atoms with E-state index in [2.05, 4.69) is 21.4 Å². The van der Waals surface area contributed by atoms with Gasteiger partial charge in [-0.15, -0.1) is 18.2 Å². The SMILES string of the molecule is C#CCSCCNCc1ccn[nH]1.